The van der Waals surface area contributed by atoms with Crippen molar-refractivity contribution in [1.82, 2.24) is 0 Å². The number of ether oxygens (including phenoxy) is 2. The van der Waals surface area contributed by atoms with Gasteiger partial charge in [-0.15, -0.1) is 0 Å². The Hall–Kier alpha value is -1.51. The fourth-order valence-corrected chi connectivity index (χ4v) is 2.63. The average Bonchev–Trinajstić information content (AvgIpc) is 2.45. The molecule has 1 rings (SSSR count). The first-order valence-electron chi connectivity index (χ1n) is 8.10. The average molecular weight is 334 g/mol. The number of benzene rings is 1. The smallest absolute Gasteiger partial charge is 0.193 e. The van der Waals surface area contributed by atoms with E-state index in [-0.39, 0.29) is 5.04 Å². The van der Waals surface area contributed by atoms with Crippen molar-refractivity contribution in [2.45, 2.75) is 52.8 Å². The molecule has 4 heteroatoms. The molecule has 128 valence electrons. The van der Waals surface area contributed by atoms with Gasteiger partial charge in [-0.25, -0.2) is 0 Å². The van der Waals surface area contributed by atoms with E-state index in [9.17, 15) is 0 Å². The first kappa shape index (κ1) is 19.5. The van der Waals surface area contributed by atoms with E-state index in [0.717, 1.165) is 22.6 Å². The van der Waals surface area contributed by atoms with Gasteiger partial charge in [0.15, 0.2) is 19.7 Å². The topological polar surface area (TPSA) is 30.8 Å². The monoisotopic (exact) mass is 333 g/mol. The first-order valence-corrected chi connectivity index (χ1v) is 11.1. The lowest BCUT2D eigenvalue weighted by molar-refractivity contribution is 0.355. The summed E-state index contributed by atoms with van der Waals surface area (Å²) in [5.41, 5.74) is 2.19. The molecule has 0 aliphatic rings. The fraction of sp³-hybridized carbons (Fsp3) is 0.579. The molecule has 0 heterocycles. The SMILES string of the molecule is COc1ccc(C(=C=N[Si](C)(C)C(C)(C)C)C(C)C)cc1OC. The second-order valence-corrected chi connectivity index (χ2v) is 12.5. The van der Waals surface area contributed by atoms with Crippen LogP contribution in [-0.4, -0.2) is 28.3 Å². The van der Waals surface area contributed by atoms with Crippen LogP contribution in [0.2, 0.25) is 18.1 Å². The van der Waals surface area contributed by atoms with Gasteiger partial charge in [0.05, 0.1) is 14.2 Å². The minimum absolute atomic E-state index is 0.208. The maximum absolute atomic E-state index is 5.42. The summed E-state index contributed by atoms with van der Waals surface area (Å²) in [5.74, 6) is 5.18. The molecule has 3 nitrogen and oxygen atoms in total. The van der Waals surface area contributed by atoms with E-state index in [1.807, 2.05) is 18.2 Å². The summed E-state index contributed by atoms with van der Waals surface area (Å²) in [6, 6.07) is 5.98. The second kappa shape index (κ2) is 7.37. The van der Waals surface area contributed by atoms with Crippen molar-refractivity contribution in [1.29, 1.82) is 0 Å². The van der Waals surface area contributed by atoms with Gasteiger partial charge in [0.2, 0.25) is 0 Å². The van der Waals surface area contributed by atoms with Crippen LogP contribution in [0.5, 0.6) is 11.5 Å². The molecular weight excluding hydrogens is 302 g/mol. The van der Waals surface area contributed by atoms with Crippen molar-refractivity contribution in [3.05, 3.63) is 23.8 Å². The lowest BCUT2D eigenvalue weighted by Gasteiger charge is -2.31. The van der Waals surface area contributed by atoms with Gasteiger partial charge in [0, 0.05) is 5.57 Å². The van der Waals surface area contributed by atoms with E-state index in [4.69, 9.17) is 14.1 Å². The fourth-order valence-electron chi connectivity index (χ4n) is 1.90. The third-order valence-corrected chi connectivity index (χ3v) is 8.90. The Morgan fingerprint density at radius 1 is 1.09 bits per heavy atom. The Morgan fingerprint density at radius 2 is 1.65 bits per heavy atom. The van der Waals surface area contributed by atoms with Crippen LogP contribution in [0.25, 0.3) is 5.57 Å². The molecule has 0 fully saturated rings. The van der Waals surface area contributed by atoms with E-state index >= 15 is 0 Å². The molecular formula is C19H31NO2Si. The number of rotatable bonds is 5. The number of nitrogens with zero attached hydrogens (tertiary/aromatic N) is 1. The molecule has 0 saturated heterocycles. The number of hydrogen-bond donors (Lipinski definition) is 0. The maximum Gasteiger partial charge on any atom is 0.193 e. The minimum atomic E-state index is -1.75. The van der Waals surface area contributed by atoms with Crippen molar-refractivity contribution < 1.29 is 9.47 Å². The molecule has 1 aromatic carbocycles. The highest BCUT2D eigenvalue weighted by Gasteiger charge is 2.35. The summed E-state index contributed by atoms with van der Waals surface area (Å²) in [6.07, 6.45) is 0. The van der Waals surface area contributed by atoms with Crippen molar-refractivity contribution in [3.8, 4) is 11.5 Å². The molecule has 0 saturated carbocycles. The van der Waals surface area contributed by atoms with E-state index in [1.54, 1.807) is 14.2 Å². The Morgan fingerprint density at radius 3 is 2.09 bits per heavy atom. The predicted molar refractivity (Wildman–Crippen MR) is 102 cm³/mol. The van der Waals surface area contributed by atoms with E-state index in [0.29, 0.717) is 5.92 Å². The van der Waals surface area contributed by atoms with Crippen LogP contribution in [0.15, 0.2) is 22.9 Å². The Kier molecular flexibility index (Phi) is 6.26. The van der Waals surface area contributed by atoms with Crippen LogP contribution in [0.4, 0.5) is 0 Å². The van der Waals surface area contributed by atoms with Crippen molar-refractivity contribution >= 4 is 19.7 Å². The molecule has 0 aliphatic carbocycles. The van der Waals surface area contributed by atoms with Crippen molar-refractivity contribution in [2.75, 3.05) is 14.2 Å². The third-order valence-electron chi connectivity index (χ3n) is 4.56. The molecule has 0 radical (unpaired) electrons. The van der Waals surface area contributed by atoms with Crippen molar-refractivity contribution in [2.24, 2.45) is 10.6 Å². The Bertz CT molecular complexity index is 606. The van der Waals surface area contributed by atoms with Crippen LogP contribution in [-0.2, 0) is 0 Å². The third kappa shape index (κ3) is 4.73. The maximum atomic E-state index is 5.42. The quantitative estimate of drug-likeness (QED) is 0.532. The summed E-state index contributed by atoms with van der Waals surface area (Å²) < 4.78 is 15.6. The van der Waals surface area contributed by atoms with Gasteiger partial charge in [-0.05, 0) is 47.6 Å². The van der Waals surface area contributed by atoms with Crippen LogP contribution in [0.1, 0.15) is 40.2 Å². The highest BCUT2D eigenvalue weighted by atomic mass is 28.3. The molecule has 1 aromatic rings. The lowest BCUT2D eigenvalue weighted by Crippen LogP contribution is -2.34. The molecule has 0 bridgehead atoms. The van der Waals surface area contributed by atoms with Gasteiger partial charge >= 0.3 is 0 Å². The normalized spacial score (nSPS) is 11.9. The highest BCUT2D eigenvalue weighted by molar-refractivity contribution is 6.79. The molecule has 0 amide bonds. The summed E-state index contributed by atoms with van der Waals surface area (Å²) >= 11 is 0. The molecule has 23 heavy (non-hydrogen) atoms. The minimum Gasteiger partial charge on any atom is -0.493 e. The summed E-state index contributed by atoms with van der Waals surface area (Å²) in [4.78, 5) is 0. The summed E-state index contributed by atoms with van der Waals surface area (Å²) in [7, 11) is 1.56. The zero-order valence-corrected chi connectivity index (χ0v) is 17.1. The van der Waals surface area contributed by atoms with Crippen LogP contribution >= 0.6 is 0 Å². The summed E-state index contributed by atoms with van der Waals surface area (Å²) in [6.45, 7) is 15.7. The van der Waals surface area contributed by atoms with E-state index in [2.05, 4.69) is 53.6 Å². The zero-order valence-electron chi connectivity index (χ0n) is 16.1. The van der Waals surface area contributed by atoms with Gasteiger partial charge < -0.3 is 9.47 Å². The number of allylic oxidation sites excluding steroid dienone is 1. The zero-order chi connectivity index (χ0) is 17.8. The van der Waals surface area contributed by atoms with Gasteiger partial charge in [-0.1, -0.05) is 40.7 Å². The molecule has 0 spiro atoms. The van der Waals surface area contributed by atoms with Crippen molar-refractivity contribution in [3.63, 3.8) is 0 Å². The van der Waals surface area contributed by atoms with Gasteiger partial charge in [-0.3, -0.25) is 4.66 Å². The molecule has 0 N–H and O–H groups in total. The lowest BCUT2D eigenvalue weighted by atomic mass is 9.96. The molecule has 0 unspecified atom stereocenters. The van der Waals surface area contributed by atoms with Gasteiger partial charge in [0.1, 0.15) is 0 Å². The Balaban J connectivity index is 3.41. The largest absolute Gasteiger partial charge is 0.493 e. The second-order valence-electron chi connectivity index (χ2n) is 7.67. The van der Waals surface area contributed by atoms with Gasteiger partial charge in [-0.2, -0.15) is 0 Å². The summed E-state index contributed by atoms with van der Waals surface area (Å²) in [5, 5.41) is 0.208. The molecule has 0 aromatic heterocycles. The highest BCUT2D eigenvalue weighted by Crippen LogP contribution is 2.37. The molecule has 0 aliphatic heterocycles. The number of hydrogen-bond acceptors (Lipinski definition) is 3. The first-order chi connectivity index (χ1) is 10.5. The van der Waals surface area contributed by atoms with Crippen LogP contribution in [0.3, 0.4) is 0 Å². The van der Waals surface area contributed by atoms with Crippen LogP contribution < -0.4 is 9.47 Å². The Labute approximate surface area is 142 Å². The standard InChI is InChI=1S/C19H31NO2Si/c1-14(2)16(13-20-23(8,9)19(3,4)5)15-10-11-17(21-6)18(12-15)22-7/h10-12,14H,1-9H3. The molecule has 0 atom stereocenters. The van der Waals surface area contributed by atoms with Gasteiger partial charge in [0.25, 0.3) is 0 Å². The van der Waals surface area contributed by atoms with E-state index < -0.39 is 8.24 Å². The predicted octanol–water partition coefficient (Wildman–Crippen LogP) is 5.42. The number of methoxy groups -OCH3 is 2. The van der Waals surface area contributed by atoms with E-state index in [1.165, 1.54) is 0 Å². The van der Waals surface area contributed by atoms with Crippen LogP contribution in [0, 0.1) is 5.92 Å².